The molecule has 0 unspecified atom stereocenters. The van der Waals surface area contributed by atoms with E-state index in [0.29, 0.717) is 35.3 Å². The summed E-state index contributed by atoms with van der Waals surface area (Å²) in [5, 5.41) is 3.65. The molecule has 0 saturated carbocycles. The molecule has 5 nitrogen and oxygen atoms in total. The maximum Gasteiger partial charge on any atom is 0.255 e. The molecule has 1 amide bonds. The Hall–Kier alpha value is -2.15. The van der Waals surface area contributed by atoms with Crippen LogP contribution in [-0.2, 0) is 19.5 Å². The minimum Gasteiger partial charge on any atom is -0.326 e. The normalized spacial score (nSPS) is 10.4. The van der Waals surface area contributed by atoms with E-state index in [-0.39, 0.29) is 30.7 Å². The van der Waals surface area contributed by atoms with Crippen molar-refractivity contribution in [3.05, 3.63) is 81.6 Å². The van der Waals surface area contributed by atoms with Crippen LogP contribution in [0.5, 0.6) is 0 Å². The maximum absolute atomic E-state index is 13.0. The van der Waals surface area contributed by atoms with E-state index in [9.17, 15) is 4.79 Å². The lowest BCUT2D eigenvalue weighted by atomic mass is 9.92. The van der Waals surface area contributed by atoms with Gasteiger partial charge in [0.1, 0.15) is 0 Å². The van der Waals surface area contributed by atoms with Gasteiger partial charge in [0, 0.05) is 34.9 Å². The number of aromatic nitrogens is 1. The van der Waals surface area contributed by atoms with Gasteiger partial charge >= 0.3 is 0 Å². The number of anilines is 1. The lowest BCUT2D eigenvalue weighted by molar-refractivity contribution is 0.102. The first-order valence-electron chi connectivity index (χ1n) is 10.4. The van der Waals surface area contributed by atoms with E-state index in [1.54, 1.807) is 24.3 Å². The number of nitrogens with zero attached hydrogens (tertiary/aromatic N) is 1. The average Bonchev–Trinajstić information content (AvgIpc) is 2.75. The van der Waals surface area contributed by atoms with Gasteiger partial charge in [-0.2, -0.15) is 0 Å². The summed E-state index contributed by atoms with van der Waals surface area (Å²) in [5.41, 5.74) is 18.8. The molecule has 33 heavy (non-hydrogen) atoms. The van der Waals surface area contributed by atoms with Crippen LogP contribution in [0.2, 0.25) is 5.02 Å². The molecule has 178 valence electrons. The number of carbonyl (C=O) groups excluding carboxylic acids is 1. The lowest BCUT2D eigenvalue weighted by Crippen LogP contribution is -2.18. The van der Waals surface area contributed by atoms with E-state index in [0.717, 1.165) is 40.1 Å². The number of halogens is 3. The van der Waals surface area contributed by atoms with Crippen LogP contribution in [0.25, 0.3) is 11.1 Å². The Morgan fingerprint density at radius 2 is 1.61 bits per heavy atom. The Labute approximate surface area is 213 Å². The molecule has 0 spiro atoms. The van der Waals surface area contributed by atoms with Crippen LogP contribution in [-0.4, -0.2) is 10.9 Å². The number of carbonyl (C=O) groups is 1. The zero-order chi connectivity index (χ0) is 22.5. The van der Waals surface area contributed by atoms with Gasteiger partial charge < -0.3 is 16.8 Å². The van der Waals surface area contributed by atoms with Gasteiger partial charge in [0.05, 0.1) is 11.4 Å². The highest BCUT2D eigenvalue weighted by Crippen LogP contribution is 2.36. The van der Waals surface area contributed by atoms with E-state index < -0.39 is 0 Å². The van der Waals surface area contributed by atoms with Crippen molar-refractivity contribution in [3.63, 3.8) is 0 Å². The van der Waals surface area contributed by atoms with Gasteiger partial charge in [0.25, 0.3) is 5.91 Å². The number of aryl methyl sites for hydroxylation is 1. The van der Waals surface area contributed by atoms with Crippen molar-refractivity contribution in [2.45, 2.75) is 40.3 Å². The molecule has 0 aliphatic heterocycles. The number of pyridine rings is 1. The zero-order valence-corrected chi connectivity index (χ0v) is 21.4. The fraction of sp³-hybridized carbons (Fsp3) is 0.280. The Bertz CT molecular complexity index is 1070. The lowest BCUT2D eigenvalue weighted by Gasteiger charge is -2.21. The van der Waals surface area contributed by atoms with Crippen molar-refractivity contribution >= 4 is 48.0 Å². The number of nitrogens with two attached hydrogens (primary N) is 2. The highest BCUT2D eigenvalue weighted by atomic mass is 35.5. The van der Waals surface area contributed by atoms with E-state index in [1.807, 2.05) is 31.2 Å². The molecule has 2 aromatic carbocycles. The summed E-state index contributed by atoms with van der Waals surface area (Å²) in [6, 6.07) is 14.8. The first kappa shape index (κ1) is 28.9. The molecule has 5 N–H and O–H groups in total. The molecular formula is C25H31Cl3N4O. The predicted octanol–water partition coefficient (Wildman–Crippen LogP) is 5.92. The van der Waals surface area contributed by atoms with Crippen molar-refractivity contribution in [2.75, 3.05) is 5.32 Å². The molecule has 3 rings (SSSR count). The zero-order valence-electron chi connectivity index (χ0n) is 19.0. The molecule has 0 aliphatic rings. The summed E-state index contributed by atoms with van der Waals surface area (Å²) in [6.45, 7) is 7.02. The summed E-state index contributed by atoms with van der Waals surface area (Å²) in [6.07, 6.45) is 0.812. The Kier molecular flexibility index (Phi) is 11.3. The van der Waals surface area contributed by atoms with E-state index in [2.05, 4.69) is 19.2 Å². The predicted molar refractivity (Wildman–Crippen MR) is 143 cm³/mol. The second kappa shape index (κ2) is 12.9. The van der Waals surface area contributed by atoms with Crippen LogP contribution in [0.15, 0.2) is 48.5 Å². The van der Waals surface area contributed by atoms with Crippen molar-refractivity contribution < 1.29 is 4.79 Å². The van der Waals surface area contributed by atoms with Crippen LogP contribution >= 0.6 is 36.4 Å². The quantitative estimate of drug-likeness (QED) is 0.368. The molecule has 0 aliphatic carbocycles. The fourth-order valence-corrected chi connectivity index (χ4v) is 3.77. The van der Waals surface area contributed by atoms with Crippen molar-refractivity contribution in [1.82, 2.24) is 4.98 Å². The standard InChI is InChI=1S/C25H29ClN4O.2ClH/c1-15(2)12-22-21(14-28)23(18-6-4-17(13-27)5-7-18)24(16(3)29-22)30-25(31)19-8-10-20(26)11-9-19;;/h4-11,15H,12-14,27-28H2,1-3H3,(H,30,31);2*1H. The number of benzene rings is 2. The molecular weight excluding hydrogens is 479 g/mol. The molecule has 1 aromatic heterocycles. The maximum atomic E-state index is 13.0. The first-order valence-corrected chi connectivity index (χ1v) is 10.8. The molecule has 3 aromatic rings. The Morgan fingerprint density at radius 1 is 1.00 bits per heavy atom. The van der Waals surface area contributed by atoms with E-state index in [1.165, 1.54) is 0 Å². The SMILES string of the molecule is Cc1nc(CC(C)C)c(CN)c(-c2ccc(CN)cc2)c1NC(=O)c1ccc(Cl)cc1.Cl.Cl. The van der Waals surface area contributed by atoms with Crippen LogP contribution in [0, 0.1) is 12.8 Å². The highest BCUT2D eigenvalue weighted by molar-refractivity contribution is 6.30. The topological polar surface area (TPSA) is 94.0 Å². The van der Waals surface area contributed by atoms with E-state index >= 15 is 0 Å². The molecule has 0 radical (unpaired) electrons. The fourth-order valence-electron chi connectivity index (χ4n) is 3.64. The Balaban J connectivity index is 0.00000272. The van der Waals surface area contributed by atoms with Gasteiger partial charge in [0.15, 0.2) is 0 Å². The first-order chi connectivity index (χ1) is 14.8. The summed E-state index contributed by atoms with van der Waals surface area (Å²) in [7, 11) is 0. The van der Waals surface area contributed by atoms with Crippen LogP contribution < -0.4 is 16.8 Å². The third-order valence-corrected chi connectivity index (χ3v) is 5.45. The van der Waals surface area contributed by atoms with Crippen molar-refractivity contribution in [3.8, 4) is 11.1 Å². The number of amides is 1. The largest absolute Gasteiger partial charge is 0.326 e. The number of hydrogen-bond acceptors (Lipinski definition) is 4. The van der Waals surface area contributed by atoms with Gasteiger partial charge in [-0.15, -0.1) is 24.8 Å². The summed E-state index contributed by atoms with van der Waals surface area (Å²) in [4.78, 5) is 17.8. The van der Waals surface area contributed by atoms with Crippen molar-refractivity contribution in [2.24, 2.45) is 17.4 Å². The van der Waals surface area contributed by atoms with Crippen LogP contribution in [0.1, 0.15) is 46.7 Å². The van der Waals surface area contributed by atoms with E-state index in [4.69, 9.17) is 28.1 Å². The minimum atomic E-state index is -0.221. The highest BCUT2D eigenvalue weighted by Gasteiger charge is 2.21. The average molecular weight is 510 g/mol. The Morgan fingerprint density at radius 3 is 2.12 bits per heavy atom. The summed E-state index contributed by atoms with van der Waals surface area (Å²) in [5.74, 6) is 0.208. The molecule has 1 heterocycles. The molecule has 8 heteroatoms. The number of hydrogen-bond donors (Lipinski definition) is 3. The number of nitrogens with one attached hydrogen (secondary N) is 1. The minimum absolute atomic E-state index is 0. The number of rotatable bonds is 7. The van der Waals surface area contributed by atoms with Crippen molar-refractivity contribution in [1.29, 1.82) is 0 Å². The van der Waals surface area contributed by atoms with Gasteiger partial charge in [0.2, 0.25) is 0 Å². The van der Waals surface area contributed by atoms with Gasteiger partial charge in [-0.05, 0) is 60.2 Å². The van der Waals surface area contributed by atoms with Gasteiger partial charge in [-0.25, -0.2) is 0 Å². The summed E-state index contributed by atoms with van der Waals surface area (Å²) >= 11 is 5.97. The second-order valence-corrected chi connectivity index (χ2v) is 8.47. The van der Waals surface area contributed by atoms with Gasteiger partial charge in [-0.3, -0.25) is 9.78 Å². The summed E-state index contributed by atoms with van der Waals surface area (Å²) < 4.78 is 0. The van der Waals surface area contributed by atoms with Crippen LogP contribution in [0.3, 0.4) is 0 Å². The molecule has 0 fully saturated rings. The third-order valence-electron chi connectivity index (χ3n) is 5.19. The molecule has 0 bridgehead atoms. The van der Waals surface area contributed by atoms with Gasteiger partial charge in [-0.1, -0.05) is 49.7 Å². The molecule has 0 atom stereocenters. The monoisotopic (exact) mass is 508 g/mol. The second-order valence-electron chi connectivity index (χ2n) is 8.04. The third kappa shape index (κ3) is 6.92. The molecule has 0 saturated heterocycles. The van der Waals surface area contributed by atoms with Crippen LogP contribution in [0.4, 0.5) is 5.69 Å². The smallest absolute Gasteiger partial charge is 0.255 e.